The number of pyridine rings is 1. The van der Waals surface area contributed by atoms with Crippen molar-refractivity contribution in [1.82, 2.24) is 14.8 Å². The molecule has 0 aliphatic carbocycles. The molecule has 10 heteroatoms. The molecule has 0 bridgehead atoms. The fourth-order valence-electron chi connectivity index (χ4n) is 2.13. The second-order valence-corrected chi connectivity index (χ2v) is 5.37. The Labute approximate surface area is 146 Å². The van der Waals surface area contributed by atoms with Gasteiger partial charge in [-0.15, -0.1) is 0 Å². The number of nitro groups is 1. The van der Waals surface area contributed by atoms with Crippen LogP contribution < -0.4 is 11.1 Å². The molecule has 2 heterocycles. The number of anilines is 2. The van der Waals surface area contributed by atoms with Crippen LogP contribution in [0.3, 0.4) is 0 Å². The van der Waals surface area contributed by atoms with Crippen LogP contribution in [-0.4, -0.2) is 25.6 Å². The molecule has 3 rings (SSSR count). The first-order valence-corrected chi connectivity index (χ1v) is 7.34. The summed E-state index contributed by atoms with van der Waals surface area (Å²) in [5, 5.41) is 18.4. The number of hydrogen-bond acceptors (Lipinski definition) is 6. The number of rotatable bonds is 5. The Balaban J connectivity index is 1.92. The Hall–Kier alpha value is -3.46. The minimum atomic E-state index is -0.836. The van der Waals surface area contributed by atoms with Crippen molar-refractivity contribution in [3.05, 3.63) is 69.6 Å². The summed E-state index contributed by atoms with van der Waals surface area (Å²) in [6, 6.07) is 8.20. The maximum Gasteiger partial charge on any atom is 0.288 e. The number of carbonyl (C=O) groups is 1. The van der Waals surface area contributed by atoms with E-state index in [1.807, 2.05) is 6.07 Å². The molecule has 0 radical (unpaired) electrons. The van der Waals surface area contributed by atoms with Crippen molar-refractivity contribution in [3.8, 4) is 5.69 Å². The molecule has 0 aliphatic heterocycles. The average molecular weight is 359 g/mol. The summed E-state index contributed by atoms with van der Waals surface area (Å²) < 4.78 is 1.54. The fraction of sp³-hybridized carbons (Fsp3) is 0. The largest absolute Gasteiger partial charge is 0.365 e. The van der Waals surface area contributed by atoms with E-state index >= 15 is 0 Å². The molecular weight excluding hydrogens is 348 g/mol. The minimum absolute atomic E-state index is 0.0943. The predicted molar refractivity (Wildman–Crippen MR) is 91.3 cm³/mol. The van der Waals surface area contributed by atoms with E-state index in [0.717, 1.165) is 12.3 Å². The van der Waals surface area contributed by atoms with Gasteiger partial charge in [-0.1, -0.05) is 23.7 Å². The van der Waals surface area contributed by atoms with Crippen molar-refractivity contribution in [3.63, 3.8) is 0 Å². The quantitative estimate of drug-likeness (QED) is 0.532. The Morgan fingerprint density at radius 3 is 2.76 bits per heavy atom. The summed E-state index contributed by atoms with van der Waals surface area (Å²) in [4.78, 5) is 25.6. The number of nitrogens with two attached hydrogens (primary N) is 1. The zero-order valence-electron chi connectivity index (χ0n) is 12.6. The van der Waals surface area contributed by atoms with E-state index < -0.39 is 10.8 Å². The maximum atomic E-state index is 11.5. The number of nitrogens with zero attached hydrogens (tertiary/aromatic N) is 4. The highest BCUT2D eigenvalue weighted by molar-refractivity contribution is 6.32. The van der Waals surface area contributed by atoms with Gasteiger partial charge in [-0.05, 0) is 12.1 Å². The van der Waals surface area contributed by atoms with Gasteiger partial charge in [-0.25, -0.2) is 9.67 Å². The molecule has 1 aromatic carbocycles. The molecule has 2 aromatic heterocycles. The topological polar surface area (TPSA) is 129 Å². The van der Waals surface area contributed by atoms with Crippen LogP contribution in [0.2, 0.25) is 5.02 Å². The Morgan fingerprint density at radius 2 is 2.08 bits per heavy atom. The molecule has 0 fully saturated rings. The smallest absolute Gasteiger partial charge is 0.288 e. The third-order valence-electron chi connectivity index (χ3n) is 3.29. The second-order valence-electron chi connectivity index (χ2n) is 4.96. The molecular formula is C15H11ClN6O3. The van der Waals surface area contributed by atoms with E-state index in [1.165, 1.54) is 6.20 Å². The first-order valence-electron chi connectivity index (χ1n) is 6.96. The first kappa shape index (κ1) is 16.4. The maximum absolute atomic E-state index is 11.5. The standard InChI is InChI=1S/C15H11ClN6O3/c16-12-3-1-2-4-13(12)21-8-9(6-19-21)20-15-11(14(17)23)5-10(7-18-15)22(24)25/h1-8H,(H2,17,23)(H,18,20). The highest BCUT2D eigenvalue weighted by Crippen LogP contribution is 2.24. The Bertz CT molecular complexity index is 971. The number of aromatic nitrogens is 3. The van der Waals surface area contributed by atoms with Gasteiger partial charge in [-0.3, -0.25) is 14.9 Å². The molecule has 0 aliphatic rings. The number of halogens is 1. The number of amides is 1. The Morgan fingerprint density at radius 1 is 1.32 bits per heavy atom. The zero-order valence-corrected chi connectivity index (χ0v) is 13.3. The highest BCUT2D eigenvalue weighted by Gasteiger charge is 2.17. The minimum Gasteiger partial charge on any atom is -0.365 e. The van der Waals surface area contributed by atoms with Crippen molar-refractivity contribution in [2.24, 2.45) is 5.73 Å². The summed E-state index contributed by atoms with van der Waals surface area (Å²) in [7, 11) is 0. The van der Waals surface area contributed by atoms with Crippen LogP contribution in [0.5, 0.6) is 0 Å². The first-order chi connectivity index (χ1) is 12.0. The Kier molecular flexibility index (Phi) is 4.31. The van der Waals surface area contributed by atoms with E-state index in [1.54, 1.807) is 29.1 Å². The van der Waals surface area contributed by atoms with Gasteiger partial charge >= 0.3 is 0 Å². The lowest BCUT2D eigenvalue weighted by Crippen LogP contribution is -2.14. The van der Waals surface area contributed by atoms with Gasteiger partial charge in [0.1, 0.15) is 12.0 Å². The molecule has 0 saturated heterocycles. The molecule has 126 valence electrons. The zero-order chi connectivity index (χ0) is 18.0. The number of carbonyl (C=O) groups excluding carboxylic acids is 1. The molecule has 3 N–H and O–H groups in total. The molecule has 0 unspecified atom stereocenters. The van der Waals surface area contributed by atoms with Gasteiger partial charge in [0.15, 0.2) is 0 Å². The summed E-state index contributed by atoms with van der Waals surface area (Å²) in [6.45, 7) is 0. The predicted octanol–water partition coefficient (Wildman–Crippen LogP) is 2.67. The normalized spacial score (nSPS) is 10.4. The van der Waals surface area contributed by atoms with Crippen LogP contribution in [0, 0.1) is 10.1 Å². The lowest BCUT2D eigenvalue weighted by Gasteiger charge is -2.07. The number of benzene rings is 1. The fourth-order valence-corrected chi connectivity index (χ4v) is 2.36. The van der Waals surface area contributed by atoms with Crippen LogP contribution in [-0.2, 0) is 0 Å². The van der Waals surface area contributed by atoms with Crippen molar-refractivity contribution < 1.29 is 9.72 Å². The molecule has 0 atom stereocenters. The van der Waals surface area contributed by atoms with E-state index in [-0.39, 0.29) is 17.1 Å². The number of para-hydroxylation sites is 1. The third kappa shape index (κ3) is 3.40. The van der Waals surface area contributed by atoms with Crippen molar-refractivity contribution in [1.29, 1.82) is 0 Å². The van der Waals surface area contributed by atoms with Crippen LogP contribution in [0.25, 0.3) is 5.69 Å². The van der Waals surface area contributed by atoms with Gasteiger partial charge in [0.2, 0.25) is 0 Å². The van der Waals surface area contributed by atoms with Crippen LogP contribution >= 0.6 is 11.6 Å². The lowest BCUT2D eigenvalue weighted by molar-refractivity contribution is -0.385. The summed E-state index contributed by atoms with van der Waals surface area (Å²) >= 11 is 6.12. The van der Waals surface area contributed by atoms with Crippen molar-refractivity contribution >= 4 is 34.7 Å². The number of primary amides is 1. The van der Waals surface area contributed by atoms with Crippen molar-refractivity contribution in [2.45, 2.75) is 0 Å². The van der Waals surface area contributed by atoms with Gasteiger partial charge in [0, 0.05) is 6.07 Å². The van der Waals surface area contributed by atoms with Crippen LogP contribution in [0.1, 0.15) is 10.4 Å². The van der Waals surface area contributed by atoms with Crippen LogP contribution in [0.4, 0.5) is 17.2 Å². The number of hydrogen-bond donors (Lipinski definition) is 2. The highest BCUT2D eigenvalue weighted by atomic mass is 35.5. The van der Waals surface area contributed by atoms with E-state index in [9.17, 15) is 14.9 Å². The SMILES string of the molecule is NC(=O)c1cc([N+](=O)[O-])cnc1Nc1cnn(-c2ccccc2Cl)c1. The van der Waals surface area contributed by atoms with Crippen LogP contribution in [0.15, 0.2) is 48.9 Å². The van der Waals surface area contributed by atoms with Gasteiger partial charge in [0.05, 0.1) is 39.3 Å². The molecule has 3 aromatic rings. The summed E-state index contributed by atoms with van der Waals surface area (Å²) in [5.41, 5.74) is 6.02. The molecule has 9 nitrogen and oxygen atoms in total. The number of nitrogens with one attached hydrogen (secondary N) is 1. The lowest BCUT2D eigenvalue weighted by atomic mass is 10.2. The van der Waals surface area contributed by atoms with Gasteiger partial charge in [0.25, 0.3) is 11.6 Å². The molecule has 1 amide bonds. The van der Waals surface area contributed by atoms with Gasteiger partial charge < -0.3 is 11.1 Å². The van der Waals surface area contributed by atoms with Crippen molar-refractivity contribution in [2.75, 3.05) is 5.32 Å². The second kappa shape index (κ2) is 6.57. The monoisotopic (exact) mass is 358 g/mol. The van der Waals surface area contributed by atoms with Gasteiger partial charge in [-0.2, -0.15) is 5.10 Å². The molecule has 0 saturated carbocycles. The summed E-state index contributed by atoms with van der Waals surface area (Å²) in [5.74, 6) is -0.742. The molecule has 0 spiro atoms. The van der Waals surface area contributed by atoms with E-state index in [0.29, 0.717) is 16.4 Å². The van der Waals surface area contributed by atoms with E-state index in [4.69, 9.17) is 17.3 Å². The summed E-state index contributed by atoms with van der Waals surface area (Å²) in [6.07, 6.45) is 4.17. The van der Waals surface area contributed by atoms with E-state index in [2.05, 4.69) is 15.4 Å². The molecule has 25 heavy (non-hydrogen) atoms. The average Bonchev–Trinajstić information content (AvgIpc) is 3.03. The third-order valence-corrected chi connectivity index (χ3v) is 3.61.